The molecule has 2 rings (SSSR count). The van der Waals surface area contributed by atoms with Crippen LogP contribution in [-0.2, 0) is 0 Å². The maximum absolute atomic E-state index is 6.29. The molecule has 5 heteroatoms. The molecule has 0 saturated heterocycles. The average Bonchev–Trinajstić information content (AvgIpc) is 2.42. The van der Waals surface area contributed by atoms with E-state index >= 15 is 0 Å². The number of para-hydroxylation sites is 1. The molecular weight excluding hydrogens is 326 g/mol. The third-order valence-electron chi connectivity index (χ3n) is 2.70. The second-order valence-electron chi connectivity index (χ2n) is 4.09. The van der Waals surface area contributed by atoms with Gasteiger partial charge in [0.2, 0.25) is 0 Å². The largest absolute Gasteiger partial charge is 0.330 e. The topological polar surface area (TPSA) is 42.1 Å². The summed E-state index contributed by atoms with van der Waals surface area (Å²) in [5.41, 5.74) is 6.67. The van der Waals surface area contributed by atoms with Crippen LogP contribution in [0.4, 0.5) is 11.5 Å². The summed E-state index contributed by atoms with van der Waals surface area (Å²) in [6, 6.07) is 11.9. The summed E-state index contributed by atoms with van der Waals surface area (Å²) < 4.78 is 0.869. The van der Waals surface area contributed by atoms with Crippen molar-refractivity contribution < 1.29 is 0 Å². The van der Waals surface area contributed by atoms with E-state index in [0.29, 0.717) is 11.6 Å². The van der Waals surface area contributed by atoms with Gasteiger partial charge in [-0.15, -0.1) is 0 Å². The zero-order chi connectivity index (χ0) is 13.7. The van der Waals surface area contributed by atoms with Gasteiger partial charge in [0, 0.05) is 22.9 Å². The molecule has 0 aliphatic heterocycles. The van der Waals surface area contributed by atoms with Crippen molar-refractivity contribution in [2.45, 2.75) is 6.42 Å². The van der Waals surface area contributed by atoms with E-state index in [1.165, 1.54) is 0 Å². The summed E-state index contributed by atoms with van der Waals surface area (Å²) in [4.78, 5) is 6.50. The SMILES string of the molecule is NCCCN(c1ccccc1)c1ncc(Br)cc1Cl. The Morgan fingerprint density at radius 2 is 2.00 bits per heavy atom. The van der Waals surface area contributed by atoms with Crippen molar-refractivity contribution in [2.75, 3.05) is 18.0 Å². The minimum atomic E-state index is 0.621. The minimum absolute atomic E-state index is 0.621. The predicted octanol–water partition coefficient (Wildman–Crippen LogP) is 3.98. The highest BCUT2D eigenvalue weighted by Gasteiger charge is 2.13. The standard InChI is InChI=1S/C14H15BrClN3/c15-11-9-13(16)14(18-10-11)19(8-4-7-17)12-5-2-1-3-6-12/h1-3,5-6,9-10H,4,7-8,17H2. The van der Waals surface area contributed by atoms with E-state index in [-0.39, 0.29) is 0 Å². The molecular formula is C14H15BrClN3. The van der Waals surface area contributed by atoms with Gasteiger partial charge in [-0.2, -0.15) is 0 Å². The van der Waals surface area contributed by atoms with Crippen LogP contribution < -0.4 is 10.6 Å². The highest BCUT2D eigenvalue weighted by atomic mass is 79.9. The summed E-state index contributed by atoms with van der Waals surface area (Å²) in [6.45, 7) is 1.42. The molecule has 0 radical (unpaired) electrons. The molecule has 0 aliphatic rings. The van der Waals surface area contributed by atoms with E-state index in [0.717, 1.165) is 28.9 Å². The van der Waals surface area contributed by atoms with E-state index in [1.54, 1.807) is 6.20 Å². The van der Waals surface area contributed by atoms with Crippen LogP contribution in [0.3, 0.4) is 0 Å². The van der Waals surface area contributed by atoms with Gasteiger partial charge >= 0.3 is 0 Å². The molecule has 2 N–H and O–H groups in total. The first-order valence-electron chi connectivity index (χ1n) is 6.06. The molecule has 0 unspecified atom stereocenters. The lowest BCUT2D eigenvalue weighted by atomic mass is 10.2. The smallest absolute Gasteiger partial charge is 0.151 e. The van der Waals surface area contributed by atoms with Crippen LogP contribution in [0.2, 0.25) is 5.02 Å². The molecule has 19 heavy (non-hydrogen) atoms. The van der Waals surface area contributed by atoms with Gasteiger partial charge in [0.25, 0.3) is 0 Å². The Morgan fingerprint density at radius 1 is 1.26 bits per heavy atom. The minimum Gasteiger partial charge on any atom is -0.330 e. The number of nitrogens with zero attached hydrogens (tertiary/aromatic N) is 2. The van der Waals surface area contributed by atoms with Crippen LogP contribution in [0.1, 0.15) is 6.42 Å². The molecule has 1 heterocycles. The number of hydrogen-bond acceptors (Lipinski definition) is 3. The Hall–Kier alpha value is -1.10. The van der Waals surface area contributed by atoms with Crippen LogP contribution in [0.15, 0.2) is 47.1 Å². The molecule has 1 aromatic carbocycles. The summed E-state index contributed by atoms with van der Waals surface area (Å²) >= 11 is 9.66. The molecule has 0 spiro atoms. The van der Waals surface area contributed by atoms with E-state index in [2.05, 4.69) is 25.8 Å². The molecule has 0 amide bonds. The van der Waals surface area contributed by atoms with Crippen molar-refractivity contribution in [1.82, 2.24) is 4.98 Å². The fourth-order valence-corrected chi connectivity index (χ4v) is 2.55. The van der Waals surface area contributed by atoms with Crippen molar-refractivity contribution in [2.24, 2.45) is 5.73 Å². The number of hydrogen-bond donors (Lipinski definition) is 1. The van der Waals surface area contributed by atoms with Crippen LogP contribution in [0.5, 0.6) is 0 Å². The number of pyridine rings is 1. The van der Waals surface area contributed by atoms with Crippen molar-refractivity contribution in [3.63, 3.8) is 0 Å². The maximum Gasteiger partial charge on any atom is 0.151 e. The Morgan fingerprint density at radius 3 is 2.63 bits per heavy atom. The third-order valence-corrected chi connectivity index (χ3v) is 3.41. The summed E-state index contributed by atoms with van der Waals surface area (Å²) in [7, 11) is 0. The number of rotatable bonds is 5. The van der Waals surface area contributed by atoms with Crippen molar-refractivity contribution in [3.8, 4) is 0 Å². The number of benzene rings is 1. The fraction of sp³-hybridized carbons (Fsp3) is 0.214. The van der Waals surface area contributed by atoms with E-state index in [4.69, 9.17) is 17.3 Å². The highest BCUT2D eigenvalue weighted by molar-refractivity contribution is 9.10. The normalized spacial score (nSPS) is 10.5. The van der Waals surface area contributed by atoms with Gasteiger partial charge in [-0.05, 0) is 47.1 Å². The van der Waals surface area contributed by atoms with Crippen molar-refractivity contribution in [3.05, 3.63) is 52.1 Å². The van der Waals surface area contributed by atoms with E-state index < -0.39 is 0 Å². The van der Waals surface area contributed by atoms with Crippen LogP contribution in [0.25, 0.3) is 0 Å². The quantitative estimate of drug-likeness (QED) is 0.895. The lowest BCUT2D eigenvalue weighted by Gasteiger charge is -2.24. The van der Waals surface area contributed by atoms with Crippen LogP contribution in [-0.4, -0.2) is 18.1 Å². The lowest BCUT2D eigenvalue weighted by molar-refractivity contribution is 0.810. The van der Waals surface area contributed by atoms with E-state index in [1.807, 2.05) is 36.4 Å². The summed E-state index contributed by atoms with van der Waals surface area (Å²) in [5.74, 6) is 0.754. The first-order valence-corrected chi connectivity index (χ1v) is 7.23. The van der Waals surface area contributed by atoms with Crippen LogP contribution in [0, 0.1) is 0 Å². The fourth-order valence-electron chi connectivity index (χ4n) is 1.82. The van der Waals surface area contributed by atoms with Gasteiger partial charge in [0.1, 0.15) is 0 Å². The molecule has 0 saturated carbocycles. The molecule has 1 aromatic heterocycles. The van der Waals surface area contributed by atoms with Gasteiger partial charge < -0.3 is 10.6 Å². The first kappa shape index (κ1) is 14.3. The maximum atomic E-state index is 6.29. The molecule has 0 aliphatic carbocycles. The summed E-state index contributed by atoms with van der Waals surface area (Å²) in [6.07, 6.45) is 2.63. The Balaban J connectivity index is 2.37. The Kier molecular flexibility index (Phi) is 5.19. The summed E-state index contributed by atoms with van der Waals surface area (Å²) in [5, 5.41) is 0.621. The van der Waals surface area contributed by atoms with Gasteiger partial charge in [-0.3, -0.25) is 0 Å². The van der Waals surface area contributed by atoms with Gasteiger partial charge in [-0.1, -0.05) is 29.8 Å². The predicted molar refractivity (Wildman–Crippen MR) is 84.1 cm³/mol. The van der Waals surface area contributed by atoms with Crippen molar-refractivity contribution >= 4 is 39.0 Å². The van der Waals surface area contributed by atoms with Gasteiger partial charge in [0.05, 0.1) is 5.02 Å². The molecule has 0 bridgehead atoms. The zero-order valence-corrected chi connectivity index (χ0v) is 12.7. The second-order valence-corrected chi connectivity index (χ2v) is 5.41. The molecule has 3 nitrogen and oxygen atoms in total. The highest BCUT2D eigenvalue weighted by Crippen LogP contribution is 2.31. The van der Waals surface area contributed by atoms with Crippen molar-refractivity contribution in [1.29, 1.82) is 0 Å². The molecule has 0 fully saturated rings. The zero-order valence-electron chi connectivity index (χ0n) is 10.4. The third kappa shape index (κ3) is 3.69. The number of aromatic nitrogens is 1. The van der Waals surface area contributed by atoms with Gasteiger partial charge in [0.15, 0.2) is 5.82 Å². The molecule has 100 valence electrons. The Labute approximate surface area is 126 Å². The van der Waals surface area contributed by atoms with Crippen LogP contribution >= 0.6 is 27.5 Å². The first-order chi connectivity index (χ1) is 9.22. The lowest BCUT2D eigenvalue weighted by Crippen LogP contribution is -2.22. The number of anilines is 2. The number of halogens is 2. The van der Waals surface area contributed by atoms with E-state index in [9.17, 15) is 0 Å². The second kappa shape index (κ2) is 6.89. The Bertz CT molecular complexity index is 533. The van der Waals surface area contributed by atoms with Gasteiger partial charge in [-0.25, -0.2) is 4.98 Å². The number of nitrogens with two attached hydrogens (primary N) is 1. The monoisotopic (exact) mass is 339 g/mol. The molecule has 2 aromatic rings. The molecule has 0 atom stereocenters. The average molecular weight is 341 g/mol.